The highest BCUT2D eigenvalue weighted by atomic mass is 16.5. The molecule has 0 bridgehead atoms. The van der Waals surface area contributed by atoms with Crippen molar-refractivity contribution in [1.29, 1.82) is 0 Å². The maximum absolute atomic E-state index is 13.0. The number of carbonyl (C=O) groups excluding carboxylic acids is 1. The number of anilines is 1. The van der Waals surface area contributed by atoms with Gasteiger partial charge in [0.15, 0.2) is 6.10 Å². The van der Waals surface area contributed by atoms with E-state index in [9.17, 15) is 9.90 Å². The lowest BCUT2D eigenvalue weighted by Gasteiger charge is -2.34. The van der Waals surface area contributed by atoms with Crippen LogP contribution >= 0.6 is 0 Å². The second-order valence-electron chi connectivity index (χ2n) is 6.67. The monoisotopic (exact) mass is 385 g/mol. The normalized spacial score (nSPS) is 15.9. The minimum atomic E-state index is -0.585. The molecule has 0 saturated carbocycles. The summed E-state index contributed by atoms with van der Waals surface area (Å²) in [5.74, 6) is 1.30. The first-order chi connectivity index (χ1) is 13.7. The average molecular weight is 385 g/mol. The molecule has 2 aromatic carbocycles. The van der Waals surface area contributed by atoms with E-state index < -0.39 is 6.10 Å². The van der Waals surface area contributed by atoms with Crippen molar-refractivity contribution in [3.63, 3.8) is 0 Å². The molecule has 2 aromatic rings. The van der Waals surface area contributed by atoms with E-state index >= 15 is 0 Å². The first kappa shape index (κ1) is 20.2. The van der Waals surface area contributed by atoms with Crippen LogP contribution in [-0.2, 0) is 16.1 Å². The number of fused-ring (bicyclic) bond motifs is 1. The molecule has 1 amide bonds. The number of ether oxygens (including phenoxy) is 3. The second kappa shape index (κ2) is 10.1. The van der Waals surface area contributed by atoms with E-state index in [1.54, 1.807) is 12.0 Å². The van der Waals surface area contributed by atoms with E-state index in [1.165, 1.54) is 0 Å². The number of carbonyl (C=O) groups is 1. The fraction of sp³-hybridized carbons (Fsp3) is 0.409. The van der Waals surface area contributed by atoms with Gasteiger partial charge in [0.05, 0.1) is 18.9 Å². The number of unbranched alkanes of at least 4 members (excludes halogenated alkanes) is 1. The Balaban J connectivity index is 1.64. The van der Waals surface area contributed by atoms with Crippen LogP contribution in [0, 0.1) is 0 Å². The molecule has 0 aromatic heterocycles. The molecule has 0 spiro atoms. The molecule has 1 heterocycles. The average Bonchev–Trinajstić information content (AvgIpc) is 2.73. The third-order valence-corrected chi connectivity index (χ3v) is 4.73. The van der Waals surface area contributed by atoms with Crippen LogP contribution in [-0.4, -0.2) is 44.0 Å². The van der Waals surface area contributed by atoms with Gasteiger partial charge in [0.25, 0.3) is 5.91 Å². The van der Waals surface area contributed by atoms with Crippen LogP contribution in [0.4, 0.5) is 5.69 Å². The summed E-state index contributed by atoms with van der Waals surface area (Å²) in [4.78, 5) is 14.8. The zero-order valence-corrected chi connectivity index (χ0v) is 16.2. The van der Waals surface area contributed by atoms with Gasteiger partial charge in [-0.2, -0.15) is 0 Å². The van der Waals surface area contributed by atoms with Gasteiger partial charge < -0.3 is 24.2 Å². The molecule has 6 nitrogen and oxygen atoms in total. The predicted molar refractivity (Wildman–Crippen MR) is 107 cm³/mol. The lowest BCUT2D eigenvalue weighted by atomic mass is 10.1. The van der Waals surface area contributed by atoms with Crippen molar-refractivity contribution in [3.05, 3.63) is 54.1 Å². The molecular weight excluding hydrogens is 358 g/mol. The molecule has 1 atom stereocenters. The molecule has 3 rings (SSSR count). The number of nitrogens with zero attached hydrogens (tertiary/aromatic N) is 1. The fourth-order valence-corrected chi connectivity index (χ4v) is 3.26. The number of rotatable bonds is 10. The van der Waals surface area contributed by atoms with Gasteiger partial charge >= 0.3 is 0 Å². The van der Waals surface area contributed by atoms with Crippen molar-refractivity contribution in [2.75, 3.05) is 31.8 Å². The van der Waals surface area contributed by atoms with Crippen LogP contribution in [0.15, 0.2) is 48.5 Å². The number of hydrogen-bond donors (Lipinski definition) is 1. The fourth-order valence-electron chi connectivity index (χ4n) is 3.26. The predicted octanol–water partition coefficient (Wildman–Crippen LogP) is 3.17. The molecule has 1 aliphatic rings. The molecule has 0 unspecified atom stereocenters. The van der Waals surface area contributed by atoms with E-state index in [2.05, 4.69) is 0 Å². The molecule has 0 fully saturated rings. The van der Waals surface area contributed by atoms with Crippen LogP contribution in [0.25, 0.3) is 0 Å². The summed E-state index contributed by atoms with van der Waals surface area (Å²) >= 11 is 0. The molecule has 150 valence electrons. The highest BCUT2D eigenvalue weighted by Crippen LogP contribution is 2.34. The lowest BCUT2D eigenvalue weighted by molar-refractivity contribution is -0.127. The Morgan fingerprint density at radius 2 is 1.86 bits per heavy atom. The number of hydrogen-bond acceptors (Lipinski definition) is 5. The largest absolute Gasteiger partial charge is 0.493 e. The molecule has 0 saturated heterocycles. The van der Waals surface area contributed by atoms with Gasteiger partial charge in [-0.25, -0.2) is 0 Å². The molecule has 1 N–H and O–H groups in total. The van der Waals surface area contributed by atoms with Gasteiger partial charge in [-0.1, -0.05) is 30.3 Å². The molecular formula is C22H27NO5. The number of aliphatic hydroxyl groups is 1. The van der Waals surface area contributed by atoms with Crippen LogP contribution < -0.4 is 14.4 Å². The van der Waals surface area contributed by atoms with Gasteiger partial charge in [0.1, 0.15) is 11.5 Å². The number of amides is 1. The Kier molecular flexibility index (Phi) is 7.28. The summed E-state index contributed by atoms with van der Waals surface area (Å²) in [6.45, 7) is 1.56. The van der Waals surface area contributed by atoms with Crippen molar-refractivity contribution in [3.8, 4) is 11.5 Å². The van der Waals surface area contributed by atoms with Gasteiger partial charge in [-0.05, 0) is 31.0 Å². The van der Waals surface area contributed by atoms with Crippen LogP contribution in [0.2, 0.25) is 0 Å². The maximum atomic E-state index is 13.0. The van der Waals surface area contributed by atoms with Crippen molar-refractivity contribution < 1.29 is 24.1 Å². The molecule has 0 radical (unpaired) electrons. The van der Waals surface area contributed by atoms with Crippen molar-refractivity contribution >= 4 is 11.6 Å². The highest BCUT2D eigenvalue weighted by molar-refractivity contribution is 6.00. The topological polar surface area (TPSA) is 68.2 Å². The van der Waals surface area contributed by atoms with E-state index in [1.807, 2.05) is 48.5 Å². The first-order valence-corrected chi connectivity index (χ1v) is 9.62. The zero-order chi connectivity index (χ0) is 19.8. The summed E-state index contributed by atoms with van der Waals surface area (Å²) in [7, 11) is 1.68. The number of para-hydroxylation sites is 3. The SMILES string of the molecule is COCCCCN1C(=O)[C@@H](CCOc2ccccc2CO)Oc2ccccc21. The van der Waals surface area contributed by atoms with Crippen molar-refractivity contribution in [2.45, 2.75) is 32.0 Å². The Bertz CT molecular complexity index is 779. The number of benzene rings is 2. The van der Waals surface area contributed by atoms with E-state index in [0.717, 1.165) is 29.8 Å². The standard InChI is InChI=1S/C22H27NO5/c1-26-14-7-6-13-23-18-9-3-5-11-20(18)28-21(22(23)25)12-15-27-19-10-4-2-8-17(19)16-24/h2-5,8-11,21,24H,6-7,12-16H2,1H3/t21-/m1/s1. The van der Waals surface area contributed by atoms with E-state index in [-0.39, 0.29) is 12.5 Å². The van der Waals surface area contributed by atoms with E-state index in [0.29, 0.717) is 31.9 Å². The van der Waals surface area contributed by atoms with Gasteiger partial charge in [0, 0.05) is 32.2 Å². The Hall–Kier alpha value is -2.57. The van der Waals surface area contributed by atoms with Crippen LogP contribution in [0.3, 0.4) is 0 Å². The quantitative estimate of drug-likeness (QED) is 0.636. The third-order valence-electron chi connectivity index (χ3n) is 4.73. The summed E-state index contributed by atoms with van der Waals surface area (Å²) in [6.07, 6.45) is 1.61. The minimum Gasteiger partial charge on any atom is -0.493 e. The Morgan fingerprint density at radius 1 is 1.07 bits per heavy atom. The van der Waals surface area contributed by atoms with Crippen molar-refractivity contribution in [2.24, 2.45) is 0 Å². The Morgan fingerprint density at radius 3 is 2.68 bits per heavy atom. The zero-order valence-electron chi connectivity index (χ0n) is 16.2. The summed E-state index contributed by atoms with van der Waals surface area (Å²) in [6, 6.07) is 14.9. The summed E-state index contributed by atoms with van der Waals surface area (Å²) in [5.41, 5.74) is 1.54. The molecule has 1 aliphatic heterocycles. The second-order valence-corrected chi connectivity index (χ2v) is 6.67. The molecule has 28 heavy (non-hydrogen) atoms. The lowest BCUT2D eigenvalue weighted by Crippen LogP contribution is -2.47. The smallest absolute Gasteiger partial charge is 0.268 e. The van der Waals surface area contributed by atoms with E-state index in [4.69, 9.17) is 14.2 Å². The first-order valence-electron chi connectivity index (χ1n) is 9.62. The van der Waals surface area contributed by atoms with Crippen LogP contribution in [0.1, 0.15) is 24.8 Å². The molecule has 6 heteroatoms. The number of aliphatic hydroxyl groups excluding tert-OH is 1. The minimum absolute atomic E-state index is 0.0461. The van der Waals surface area contributed by atoms with Gasteiger partial charge in [-0.15, -0.1) is 0 Å². The third kappa shape index (κ3) is 4.82. The maximum Gasteiger partial charge on any atom is 0.268 e. The highest BCUT2D eigenvalue weighted by Gasteiger charge is 2.33. The Labute approximate surface area is 165 Å². The number of methoxy groups -OCH3 is 1. The summed E-state index contributed by atoms with van der Waals surface area (Å²) in [5, 5.41) is 9.40. The van der Waals surface area contributed by atoms with Gasteiger partial charge in [-0.3, -0.25) is 4.79 Å². The van der Waals surface area contributed by atoms with Gasteiger partial charge in [0.2, 0.25) is 0 Å². The summed E-state index contributed by atoms with van der Waals surface area (Å²) < 4.78 is 16.8. The molecule has 0 aliphatic carbocycles. The van der Waals surface area contributed by atoms with Crippen LogP contribution in [0.5, 0.6) is 11.5 Å². The van der Waals surface area contributed by atoms with Crippen molar-refractivity contribution in [1.82, 2.24) is 0 Å².